The number of likely N-dealkylation sites (tertiary alicyclic amines) is 1. The predicted molar refractivity (Wildman–Crippen MR) is 155 cm³/mol. The van der Waals surface area contributed by atoms with Crippen LogP contribution in [0.1, 0.15) is 48.5 Å². The Labute approximate surface area is 240 Å². The van der Waals surface area contributed by atoms with Gasteiger partial charge in [0.1, 0.15) is 5.82 Å². The molecular weight excluding hydrogens is 529 g/mol. The van der Waals surface area contributed by atoms with Crippen LogP contribution in [-0.4, -0.2) is 66.3 Å². The van der Waals surface area contributed by atoms with Crippen LogP contribution in [0, 0.1) is 5.82 Å². The number of Topliss-reactive ketones (excluding diaryl/α,β-unsaturated/α-hetero) is 1. The summed E-state index contributed by atoms with van der Waals surface area (Å²) < 4.78 is 18.7. The summed E-state index contributed by atoms with van der Waals surface area (Å²) in [6.07, 6.45) is 2.49. The maximum absolute atomic E-state index is 13.4. The Balaban J connectivity index is 0.00000103. The van der Waals surface area contributed by atoms with Gasteiger partial charge >= 0.3 is 5.97 Å². The Bertz CT molecular complexity index is 1200. The minimum atomic E-state index is -0.686. The molecule has 1 aliphatic rings. The molecule has 1 aliphatic heterocycles. The molecule has 3 aromatic rings. The number of aliphatic hydroxyl groups excluding tert-OH is 2. The Morgan fingerprint density at radius 3 is 2.17 bits per heavy atom. The van der Waals surface area contributed by atoms with Crippen molar-refractivity contribution in [2.75, 3.05) is 39.5 Å². The Kier molecular flexibility index (Phi) is 12.8. The molecule has 214 valence electrons. The van der Waals surface area contributed by atoms with Crippen LogP contribution in [-0.2, 0) is 14.9 Å². The molecule has 8 heteroatoms. The molecule has 0 radical (unpaired) electrons. The molecule has 0 amide bonds. The molecule has 0 spiro atoms. The average molecular weight is 568 g/mol. The number of carbonyl (C=O) groups excluding carboxylic acids is 2. The van der Waals surface area contributed by atoms with Crippen LogP contribution < -0.4 is 0 Å². The molecule has 0 aromatic heterocycles. The smallest absolute Gasteiger partial charge is 0.316 e. The van der Waals surface area contributed by atoms with Gasteiger partial charge in [-0.15, -0.1) is 0 Å². The van der Waals surface area contributed by atoms with E-state index < -0.39 is 5.41 Å². The molecule has 0 saturated carbocycles. The first-order valence-corrected chi connectivity index (χ1v) is 14.5. The van der Waals surface area contributed by atoms with Gasteiger partial charge in [0.2, 0.25) is 0 Å². The molecule has 1 saturated heterocycles. The summed E-state index contributed by atoms with van der Waals surface area (Å²) in [5.74, 6) is -0.467. The number of nitrogens with zero attached hydrogens (tertiary/aromatic N) is 1. The number of aliphatic hydroxyl groups is 2. The molecule has 40 heavy (non-hydrogen) atoms. The first kappa shape index (κ1) is 31.5. The zero-order valence-electron chi connectivity index (χ0n) is 22.9. The average Bonchev–Trinajstić information content (AvgIpc) is 2.99. The van der Waals surface area contributed by atoms with E-state index in [0.29, 0.717) is 31.4 Å². The second-order valence-electron chi connectivity index (χ2n) is 9.54. The van der Waals surface area contributed by atoms with Gasteiger partial charge in [0.25, 0.3) is 0 Å². The summed E-state index contributed by atoms with van der Waals surface area (Å²) in [4.78, 5) is 30.4. The van der Waals surface area contributed by atoms with Gasteiger partial charge in [-0.3, -0.25) is 9.59 Å². The Morgan fingerprint density at radius 1 is 0.925 bits per heavy atom. The third-order valence-electron chi connectivity index (χ3n) is 6.89. The highest BCUT2D eigenvalue weighted by Gasteiger charge is 2.45. The van der Waals surface area contributed by atoms with Crippen LogP contribution in [0.2, 0.25) is 0 Å². The van der Waals surface area contributed by atoms with Gasteiger partial charge in [0.05, 0.1) is 25.2 Å². The van der Waals surface area contributed by atoms with Crippen molar-refractivity contribution in [3.63, 3.8) is 0 Å². The highest BCUT2D eigenvalue weighted by molar-refractivity contribution is 7.99. The number of esters is 1. The van der Waals surface area contributed by atoms with E-state index in [1.54, 1.807) is 11.8 Å². The Hall–Kier alpha value is -3.04. The lowest BCUT2D eigenvalue weighted by Crippen LogP contribution is -2.48. The van der Waals surface area contributed by atoms with Crippen molar-refractivity contribution in [2.24, 2.45) is 0 Å². The topological polar surface area (TPSA) is 87.1 Å². The van der Waals surface area contributed by atoms with E-state index in [2.05, 4.69) is 29.2 Å². The molecule has 0 aliphatic carbocycles. The van der Waals surface area contributed by atoms with Crippen molar-refractivity contribution in [1.82, 2.24) is 4.90 Å². The van der Waals surface area contributed by atoms with Crippen LogP contribution in [0.4, 0.5) is 4.39 Å². The molecule has 0 atom stereocenters. The molecule has 0 unspecified atom stereocenters. The number of ether oxygens (including phenoxy) is 1. The van der Waals surface area contributed by atoms with Crippen LogP contribution in [0.3, 0.4) is 0 Å². The van der Waals surface area contributed by atoms with E-state index in [4.69, 9.17) is 14.9 Å². The summed E-state index contributed by atoms with van der Waals surface area (Å²) in [6.45, 7) is 4.25. The van der Waals surface area contributed by atoms with Gasteiger partial charge in [-0.05, 0) is 93.8 Å². The fourth-order valence-electron chi connectivity index (χ4n) is 4.82. The van der Waals surface area contributed by atoms with Crippen molar-refractivity contribution in [2.45, 2.75) is 47.8 Å². The lowest BCUT2D eigenvalue weighted by atomic mass is 9.72. The second kappa shape index (κ2) is 16.3. The van der Waals surface area contributed by atoms with Crippen molar-refractivity contribution in [1.29, 1.82) is 0 Å². The van der Waals surface area contributed by atoms with Crippen LogP contribution in [0.25, 0.3) is 0 Å². The van der Waals surface area contributed by atoms with Crippen LogP contribution >= 0.6 is 11.8 Å². The van der Waals surface area contributed by atoms with E-state index in [9.17, 15) is 14.0 Å². The third kappa shape index (κ3) is 8.73. The number of benzene rings is 3. The van der Waals surface area contributed by atoms with Crippen molar-refractivity contribution < 1.29 is 28.9 Å². The van der Waals surface area contributed by atoms with Gasteiger partial charge in [0.15, 0.2) is 5.78 Å². The molecule has 3 aromatic carbocycles. The monoisotopic (exact) mass is 567 g/mol. The summed E-state index contributed by atoms with van der Waals surface area (Å²) >= 11 is 1.68. The number of rotatable bonds is 11. The normalized spacial score (nSPS) is 14.6. The summed E-state index contributed by atoms with van der Waals surface area (Å²) in [5.41, 5.74) is 0.891. The lowest BCUT2D eigenvalue weighted by Gasteiger charge is -2.41. The van der Waals surface area contributed by atoms with Crippen molar-refractivity contribution in [3.05, 3.63) is 95.8 Å². The molecule has 2 N–H and O–H groups in total. The van der Waals surface area contributed by atoms with Gasteiger partial charge in [-0.25, -0.2) is 4.39 Å². The second-order valence-corrected chi connectivity index (χ2v) is 10.7. The van der Waals surface area contributed by atoms with E-state index in [-0.39, 0.29) is 30.8 Å². The SMILES string of the molecule is CCOC(=O)C1(c2ccccc2Sc2ccccc2)CCN(CCCC(=O)c2ccc(F)cc2)CC1.OCCO. The molecule has 4 rings (SSSR count). The van der Waals surface area contributed by atoms with Crippen LogP contribution in [0.15, 0.2) is 88.7 Å². The zero-order chi connectivity index (χ0) is 28.8. The standard InChI is InChI=1S/C30H32FNO3S.C2H6O2/c1-2-35-29(34)30(26-11-6-7-13-28(26)36-25-9-4-3-5-10-25)18-21-32(22-19-30)20-8-12-27(33)23-14-16-24(31)17-15-23;3-1-2-4/h3-7,9-11,13-17H,2,8,12,18-22H2,1H3;3-4H,1-2H2. The number of hydrogen-bond acceptors (Lipinski definition) is 7. The van der Waals surface area contributed by atoms with Gasteiger partial charge in [-0.1, -0.05) is 48.2 Å². The van der Waals surface area contributed by atoms with E-state index in [0.717, 1.165) is 41.4 Å². The van der Waals surface area contributed by atoms with Crippen molar-refractivity contribution in [3.8, 4) is 0 Å². The number of ketones is 1. The highest BCUT2D eigenvalue weighted by atomic mass is 32.2. The summed E-state index contributed by atoms with van der Waals surface area (Å²) in [5, 5.41) is 15.2. The molecule has 0 bridgehead atoms. The van der Waals surface area contributed by atoms with Gasteiger partial charge in [0, 0.05) is 21.8 Å². The van der Waals surface area contributed by atoms with E-state index >= 15 is 0 Å². The molecule has 1 heterocycles. The predicted octanol–water partition coefficient (Wildman–Crippen LogP) is 5.51. The maximum Gasteiger partial charge on any atom is 0.316 e. The summed E-state index contributed by atoms with van der Waals surface area (Å²) in [6, 6.07) is 24.1. The lowest BCUT2D eigenvalue weighted by molar-refractivity contribution is -0.152. The van der Waals surface area contributed by atoms with E-state index in [1.165, 1.54) is 24.3 Å². The quantitative estimate of drug-likeness (QED) is 0.233. The maximum atomic E-state index is 13.4. The number of piperidine rings is 1. The van der Waals surface area contributed by atoms with E-state index in [1.807, 2.05) is 37.3 Å². The first-order chi connectivity index (χ1) is 19.4. The Morgan fingerprint density at radius 2 is 1.55 bits per heavy atom. The van der Waals surface area contributed by atoms with Gasteiger partial charge < -0.3 is 19.8 Å². The minimum absolute atomic E-state index is 0.0275. The van der Waals surface area contributed by atoms with Gasteiger partial charge in [-0.2, -0.15) is 0 Å². The van der Waals surface area contributed by atoms with Crippen molar-refractivity contribution >= 4 is 23.5 Å². The number of carbonyl (C=O) groups is 2. The fourth-order valence-corrected chi connectivity index (χ4v) is 5.89. The first-order valence-electron chi connectivity index (χ1n) is 13.7. The number of hydrogen-bond donors (Lipinski definition) is 2. The fraction of sp³-hybridized carbons (Fsp3) is 0.375. The largest absolute Gasteiger partial charge is 0.465 e. The molecular formula is C32H38FNO5S. The summed E-state index contributed by atoms with van der Waals surface area (Å²) in [7, 11) is 0. The molecule has 1 fully saturated rings. The molecule has 6 nitrogen and oxygen atoms in total. The highest BCUT2D eigenvalue weighted by Crippen LogP contribution is 2.43. The number of halogens is 1. The zero-order valence-corrected chi connectivity index (χ0v) is 23.7. The third-order valence-corrected chi connectivity index (χ3v) is 7.98. The van der Waals surface area contributed by atoms with Crippen LogP contribution in [0.5, 0.6) is 0 Å². The minimum Gasteiger partial charge on any atom is -0.465 e.